The molecule has 0 fully saturated rings. The second kappa shape index (κ2) is 5.53. The van der Waals surface area contributed by atoms with E-state index in [1.54, 1.807) is 6.29 Å². The van der Waals surface area contributed by atoms with Crippen LogP contribution in [-0.2, 0) is 22.7 Å². The molecule has 1 aromatic carbocycles. The number of benzene rings is 1. The van der Waals surface area contributed by atoms with Gasteiger partial charge in [0, 0.05) is 25.0 Å². The van der Waals surface area contributed by atoms with E-state index in [0.717, 1.165) is 0 Å². The topological polar surface area (TPSA) is 49.4 Å². The Balaban J connectivity index is 1.94. The molecule has 1 aliphatic rings. The quantitative estimate of drug-likeness (QED) is 0.869. The van der Waals surface area contributed by atoms with Gasteiger partial charge in [-0.15, -0.1) is 0 Å². The summed E-state index contributed by atoms with van der Waals surface area (Å²) < 4.78 is 0. The van der Waals surface area contributed by atoms with Crippen molar-refractivity contribution in [1.82, 2.24) is 10.2 Å². The van der Waals surface area contributed by atoms with E-state index in [1.165, 1.54) is 11.1 Å². The number of hydrogen-bond donors (Lipinski definition) is 1. The number of carbonyl (C=O) groups is 1. The van der Waals surface area contributed by atoms with Crippen molar-refractivity contribution in [2.24, 2.45) is 0 Å². The van der Waals surface area contributed by atoms with Gasteiger partial charge in [-0.2, -0.15) is 0 Å². The van der Waals surface area contributed by atoms with Crippen LogP contribution in [0.15, 0.2) is 24.3 Å². The van der Waals surface area contributed by atoms with Crippen LogP contribution < -0.4 is 5.32 Å². The summed E-state index contributed by atoms with van der Waals surface area (Å²) in [5, 5.41) is 3.01. The van der Waals surface area contributed by atoms with Gasteiger partial charge in [0.2, 0.25) is 12.2 Å². The molecule has 1 aromatic rings. The third-order valence-corrected chi connectivity index (χ3v) is 3.43. The fraction of sp³-hybridized carbons (Fsp3) is 0.467. The lowest BCUT2D eigenvalue weighted by Gasteiger charge is -2.27. The van der Waals surface area contributed by atoms with E-state index in [-0.39, 0.29) is 18.0 Å². The van der Waals surface area contributed by atoms with Crippen LogP contribution >= 0.6 is 0 Å². The van der Waals surface area contributed by atoms with E-state index in [2.05, 4.69) is 17.4 Å². The van der Waals surface area contributed by atoms with Gasteiger partial charge in [-0.25, -0.2) is 0 Å². The van der Waals surface area contributed by atoms with Crippen LogP contribution in [0.3, 0.4) is 0 Å². The minimum absolute atomic E-state index is 0.111. The summed E-state index contributed by atoms with van der Waals surface area (Å²) in [7, 11) is 0. The monoisotopic (exact) mass is 259 g/mol. The summed E-state index contributed by atoms with van der Waals surface area (Å²) >= 11 is 0. The molecule has 4 nitrogen and oxygen atoms in total. The zero-order chi connectivity index (χ0) is 13.9. The molecule has 0 spiro atoms. The van der Waals surface area contributed by atoms with Crippen molar-refractivity contribution in [2.75, 3.05) is 6.54 Å². The normalized spacial score (nSPS) is 14.3. The summed E-state index contributed by atoms with van der Waals surface area (Å²) in [5.41, 5.74) is 2.06. The van der Waals surface area contributed by atoms with Gasteiger partial charge in [0.15, 0.2) is 0 Å². The molecule has 0 saturated heterocycles. The van der Waals surface area contributed by atoms with Gasteiger partial charge in [-0.05, 0) is 25.0 Å². The Hall–Kier alpha value is -1.68. The number of carbonyl (C=O) groups excluding carboxylic acids is 2. The second-order valence-electron chi connectivity index (χ2n) is 5.58. The van der Waals surface area contributed by atoms with Gasteiger partial charge in [-0.1, -0.05) is 24.3 Å². The Morgan fingerprint density at radius 3 is 2.42 bits per heavy atom. The van der Waals surface area contributed by atoms with Gasteiger partial charge < -0.3 is 10.2 Å². The third kappa shape index (κ3) is 3.41. The predicted octanol–water partition coefficient (Wildman–Crippen LogP) is 1.40. The molecule has 0 unspecified atom stereocenters. The van der Waals surface area contributed by atoms with E-state index in [4.69, 9.17) is 0 Å². The third-order valence-electron chi connectivity index (χ3n) is 3.43. The highest BCUT2D eigenvalue weighted by molar-refractivity contribution is 5.78. The fourth-order valence-corrected chi connectivity index (χ4v) is 2.34. The average Bonchev–Trinajstić information content (AvgIpc) is 2.80. The highest BCUT2D eigenvalue weighted by Gasteiger charge is 2.28. The largest absolute Gasteiger partial charge is 0.334 e. The van der Waals surface area contributed by atoms with Crippen molar-refractivity contribution in [3.05, 3.63) is 35.4 Å². The van der Waals surface area contributed by atoms with Crippen molar-refractivity contribution in [3.8, 4) is 0 Å². The van der Waals surface area contributed by atoms with Gasteiger partial charge in [-0.3, -0.25) is 9.59 Å². The van der Waals surface area contributed by atoms with Crippen molar-refractivity contribution in [1.29, 1.82) is 0 Å². The number of amides is 1. The van der Waals surface area contributed by atoms with Gasteiger partial charge in [0.25, 0.3) is 0 Å². The van der Waals surface area contributed by atoms with Crippen LogP contribution in [0.4, 0.5) is 0 Å². The van der Waals surface area contributed by atoms with Gasteiger partial charge >= 0.3 is 0 Å². The zero-order valence-corrected chi connectivity index (χ0v) is 11.4. The Morgan fingerprint density at radius 2 is 1.89 bits per heavy atom. The summed E-state index contributed by atoms with van der Waals surface area (Å²) in [6, 6.07) is 8.12. The molecule has 2 rings (SSSR count). The number of fused-ring (bicyclic) bond motifs is 1. The van der Waals surface area contributed by atoms with E-state index in [0.29, 0.717) is 19.5 Å². The highest BCUT2D eigenvalue weighted by Crippen LogP contribution is 2.24. The molecule has 0 bridgehead atoms. The summed E-state index contributed by atoms with van der Waals surface area (Å²) in [4.78, 5) is 24.4. The van der Waals surface area contributed by atoms with E-state index < -0.39 is 0 Å². The first-order valence-corrected chi connectivity index (χ1v) is 6.46. The maximum Gasteiger partial charge on any atom is 0.225 e. The van der Waals surface area contributed by atoms with Crippen molar-refractivity contribution in [3.63, 3.8) is 0 Å². The van der Waals surface area contributed by atoms with E-state index >= 15 is 0 Å². The molecule has 0 aliphatic carbocycles. The van der Waals surface area contributed by atoms with Gasteiger partial charge in [0.05, 0.1) is 6.54 Å². The minimum atomic E-state index is -0.386. The molecule has 1 amide bonds. The number of nitrogens with one attached hydrogen (secondary N) is 1. The molecular formula is C15H19N2O2. The van der Waals surface area contributed by atoms with Crippen molar-refractivity contribution >= 4 is 12.2 Å². The molecule has 101 valence electrons. The zero-order valence-electron chi connectivity index (χ0n) is 11.4. The maximum absolute atomic E-state index is 12.3. The average molecular weight is 259 g/mol. The Kier molecular flexibility index (Phi) is 4.00. The molecular weight excluding hydrogens is 240 g/mol. The standard InChI is InChI=1S/C15H19N2O2/c1-15(2,16-7-8-18)9-14(19)17-10-12-5-3-4-6-13(12)11-17/h3-6,16H,7,9-11H2,1-2H3. The molecule has 0 saturated carbocycles. The lowest BCUT2D eigenvalue weighted by atomic mass is 10.00. The fourth-order valence-electron chi connectivity index (χ4n) is 2.34. The lowest BCUT2D eigenvalue weighted by molar-refractivity contribution is -0.133. The SMILES string of the molecule is CC(C)(CC(=O)N1Cc2ccccc2C1)NC[C]=O. The van der Waals surface area contributed by atoms with Gasteiger partial charge in [0.1, 0.15) is 0 Å². The van der Waals surface area contributed by atoms with Crippen LogP contribution in [-0.4, -0.2) is 29.2 Å². The second-order valence-corrected chi connectivity index (χ2v) is 5.58. The predicted molar refractivity (Wildman–Crippen MR) is 73.1 cm³/mol. The molecule has 1 heterocycles. The van der Waals surface area contributed by atoms with Crippen LogP contribution in [0.1, 0.15) is 31.4 Å². The van der Waals surface area contributed by atoms with Crippen molar-refractivity contribution in [2.45, 2.75) is 38.9 Å². The van der Waals surface area contributed by atoms with Crippen LogP contribution in [0.2, 0.25) is 0 Å². The first-order chi connectivity index (χ1) is 9.02. The summed E-state index contributed by atoms with van der Waals surface area (Å²) in [6.07, 6.45) is 2.17. The Bertz CT molecular complexity index is 458. The molecule has 1 radical (unpaired) electrons. The highest BCUT2D eigenvalue weighted by atomic mass is 16.2. The van der Waals surface area contributed by atoms with Crippen LogP contribution in [0, 0.1) is 0 Å². The minimum Gasteiger partial charge on any atom is -0.334 e. The first-order valence-electron chi connectivity index (χ1n) is 6.46. The smallest absolute Gasteiger partial charge is 0.225 e. The number of hydrogen-bond acceptors (Lipinski definition) is 3. The number of rotatable bonds is 5. The molecule has 1 aliphatic heterocycles. The van der Waals surface area contributed by atoms with Crippen molar-refractivity contribution < 1.29 is 9.59 Å². The Labute approximate surface area is 113 Å². The molecule has 1 N–H and O–H groups in total. The lowest BCUT2D eigenvalue weighted by Crippen LogP contribution is -2.44. The molecule has 0 aromatic heterocycles. The summed E-state index contributed by atoms with van der Waals surface area (Å²) in [5.74, 6) is 0.111. The molecule has 0 atom stereocenters. The maximum atomic E-state index is 12.3. The van der Waals surface area contributed by atoms with E-state index in [1.807, 2.05) is 30.9 Å². The number of nitrogens with zero attached hydrogens (tertiary/aromatic N) is 1. The Morgan fingerprint density at radius 1 is 1.32 bits per heavy atom. The van der Waals surface area contributed by atoms with Crippen LogP contribution in [0.5, 0.6) is 0 Å². The molecule has 4 heteroatoms. The van der Waals surface area contributed by atoms with Crippen LogP contribution in [0.25, 0.3) is 0 Å². The molecule has 19 heavy (non-hydrogen) atoms. The summed E-state index contributed by atoms with van der Waals surface area (Å²) in [6.45, 7) is 5.37. The van der Waals surface area contributed by atoms with E-state index in [9.17, 15) is 9.59 Å². The first kappa shape index (κ1) is 13.7.